The summed E-state index contributed by atoms with van der Waals surface area (Å²) in [5, 5.41) is 9.28. The Morgan fingerprint density at radius 1 is 1.19 bits per heavy atom. The maximum absolute atomic E-state index is 9.28. The molecule has 0 unspecified atom stereocenters. The van der Waals surface area contributed by atoms with Crippen LogP contribution in [0, 0.1) is 6.92 Å². The van der Waals surface area contributed by atoms with Crippen molar-refractivity contribution >= 4 is 11.2 Å². The average molecular weight is 368 g/mol. The minimum Gasteiger partial charge on any atom is -0.478 e. The van der Waals surface area contributed by atoms with Crippen molar-refractivity contribution in [2.75, 3.05) is 13.2 Å². The highest BCUT2D eigenvalue weighted by Gasteiger charge is 2.19. The van der Waals surface area contributed by atoms with Gasteiger partial charge in [0, 0.05) is 37.0 Å². The first-order chi connectivity index (χ1) is 13.0. The Morgan fingerprint density at radius 2 is 1.96 bits per heavy atom. The summed E-state index contributed by atoms with van der Waals surface area (Å²) in [5.41, 5.74) is 6.59. The molecule has 0 fully saturated rings. The third-order valence-corrected chi connectivity index (χ3v) is 4.92. The van der Waals surface area contributed by atoms with Crippen LogP contribution < -0.4 is 4.74 Å². The molecule has 3 aromatic rings. The minimum atomic E-state index is 0.166. The molecule has 1 N–H and O–H groups in total. The molecule has 0 spiro atoms. The lowest BCUT2D eigenvalue weighted by molar-refractivity contribution is 0.279. The van der Waals surface area contributed by atoms with E-state index >= 15 is 0 Å². The van der Waals surface area contributed by atoms with Crippen LogP contribution in [0.5, 0.6) is 5.88 Å². The Morgan fingerprint density at radius 3 is 2.63 bits per heavy atom. The summed E-state index contributed by atoms with van der Waals surface area (Å²) in [6.07, 6.45) is 3.58. The highest BCUT2D eigenvalue weighted by Crippen LogP contribution is 2.31. The topological polar surface area (TPSA) is 73.1 Å². The van der Waals surface area contributed by atoms with Gasteiger partial charge in [0.1, 0.15) is 5.52 Å². The summed E-state index contributed by atoms with van der Waals surface area (Å²) < 4.78 is 7.56. The fourth-order valence-corrected chi connectivity index (χ4v) is 3.44. The zero-order valence-corrected chi connectivity index (χ0v) is 16.8. The Labute approximate surface area is 160 Å². The summed E-state index contributed by atoms with van der Waals surface area (Å²) in [7, 11) is 1.99. The molecule has 0 radical (unpaired) electrons. The summed E-state index contributed by atoms with van der Waals surface area (Å²) >= 11 is 0. The molecular weight excluding hydrogens is 340 g/mol. The molecule has 3 rings (SSSR count). The fraction of sp³-hybridized carbons (Fsp3) is 0.476. The van der Waals surface area contributed by atoms with Crippen LogP contribution in [0.3, 0.4) is 0 Å². The molecule has 6 nitrogen and oxygen atoms in total. The van der Waals surface area contributed by atoms with Crippen molar-refractivity contribution in [2.24, 2.45) is 7.05 Å². The van der Waals surface area contributed by atoms with Crippen molar-refractivity contribution in [2.45, 2.75) is 46.5 Å². The number of pyridine rings is 1. The monoisotopic (exact) mass is 368 g/mol. The lowest BCUT2D eigenvalue weighted by atomic mass is 10.00. The fourth-order valence-electron chi connectivity index (χ4n) is 3.44. The number of aryl methyl sites for hydroxylation is 3. The van der Waals surface area contributed by atoms with Crippen LogP contribution in [0.1, 0.15) is 50.1 Å². The summed E-state index contributed by atoms with van der Waals surface area (Å²) in [6.45, 7) is 8.90. The Bertz CT molecular complexity index is 949. The normalized spacial score (nSPS) is 12.5. The second kappa shape index (κ2) is 8.05. The first-order valence-electron chi connectivity index (χ1n) is 9.57. The molecular formula is C21H28N4O2. The number of aliphatic hydroxyl groups is 1. The molecule has 0 aliphatic heterocycles. The molecule has 0 aromatic carbocycles. The van der Waals surface area contributed by atoms with Crippen LogP contribution in [0.4, 0.5) is 0 Å². The van der Waals surface area contributed by atoms with Crippen molar-refractivity contribution in [3.05, 3.63) is 35.3 Å². The summed E-state index contributed by atoms with van der Waals surface area (Å²) in [6, 6.07) is 3.92. The second-order valence-corrected chi connectivity index (χ2v) is 6.87. The van der Waals surface area contributed by atoms with Gasteiger partial charge < -0.3 is 14.4 Å². The molecule has 3 aromatic heterocycles. The molecule has 0 bridgehead atoms. The van der Waals surface area contributed by atoms with Crippen LogP contribution in [0.2, 0.25) is 0 Å². The Kier molecular flexibility index (Phi) is 5.75. The van der Waals surface area contributed by atoms with E-state index in [0.717, 1.165) is 45.8 Å². The molecule has 144 valence electrons. The highest BCUT2D eigenvalue weighted by atomic mass is 16.5. The SMILES string of the molecule is CCOc1ccc(-c2nc3c(nc2C)c([C@H](C)CCO)cn3C)c(CC)n1. The standard InChI is InChI=1S/C21H28N4O2/c1-6-17-15(8-9-18(23-17)27-7-2)19-14(4)22-20-16(13(3)10-11-26)12-25(5)21(20)24-19/h8-9,12-13,26H,6-7,10-11H2,1-5H3/t13-/m1/s1. The number of ether oxygens (including phenoxy) is 1. The smallest absolute Gasteiger partial charge is 0.213 e. The molecule has 27 heavy (non-hydrogen) atoms. The molecule has 0 saturated heterocycles. The van der Waals surface area contributed by atoms with E-state index in [1.54, 1.807) is 0 Å². The van der Waals surface area contributed by atoms with E-state index < -0.39 is 0 Å². The molecule has 0 aliphatic carbocycles. The number of aromatic nitrogens is 4. The molecule has 1 atom stereocenters. The van der Waals surface area contributed by atoms with Crippen LogP contribution >= 0.6 is 0 Å². The average Bonchev–Trinajstić information content (AvgIpc) is 2.97. The van der Waals surface area contributed by atoms with E-state index in [-0.39, 0.29) is 12.5 Å². The number of nitrogens with zero attached hydrogens (tertiary/aromatic N) is 4. The Hall–Kier alpha value is -2.47. The van der Waals surface area contributed by atoms with Gasteiger partial charge in [-0.25, -0.2) is 15.0 Å². The largest absolute Gasteiger partial charge is 0.478 e. The number of aliphatic hydroxyl groups excluding tert-OH is 1. The van der Waals surface area contributed by atoms with Gasteiger partial charge in [-0.3, -0.25) is 0 Å². The number of hydrogen-bond donors (Lipinski definition) is 1. The zero-order chi connectivity index (χ0) is 19.6. The predicted octanol–water partition coefficient (Wildman–Crippen LogP) is 3.79. The summed E-state index contributed by atoms with van der Waals surface area (Å²) in [5.74, 6) is 0.875. The van der Waals surface area contributed by atoms with E-state index in [1.165, 1.54) is 0 Å². The van der Waals surface area contributed by atoms with Crippen molar-refractivity contribution in [3.8, 4) is 17.1 Å². The third-order valence-electron chi connectivity index (χ3n) is 4.92. The molecule has 0 amide bonds. The van der Waals surface area contributed by atoms with Crippen LogP contribution in [-0.4, -0.2) is 37.8 Å². The van der Waals surface area contributed by atoms with Crippen molar-refractivity contribution in [3.63, 3.8) is 0 Å². The van der Waals surface area contributed by atoms with Gasteiger partial charge in [0.05, 0.1) is 23.7 Å². The molecule has 0 aliphatic rings. The molecule has 3 heterocycles. The van der Waals surface area contributed by atoms with Crippen LogP contribution in [0.15, 0.2) is 18.3 Å². The van der Waals surface area contributed by atoms with E-state index in [9.17, 15) is 5.11 Å². The number of fused-ring (bicyclic) bond motifs is 1. The maximum atomic E-state index is 9.28. The van der Waals surface area contributed by atoms with E-state index in [2.05, 4.69) is 25.0 Å². The molecule has 6 heteroatoms. The van der Waals surface area contributed by atoms with Gasteiger partial charge in [-0.15, -0.1) is 0 Å². The van der Waals surface area contributed by atoms with Gasteiger partial charge in [0.2, 0.25) is 5.88 Å². The van der Waals surface area contributed by atoms with Crippen molar-refractivity contribution < 1.29 is 9.84 Å². The van der Waals surface area contributed by atoms with E-state index in [0.29, 0.717) is 18.9 Å². The van der Waals surface area contributed by atoms with Gasteiger partial charge in [0.25, 0.3) is 0 Å². The Balaban J connectivity index is 2.14. The van der Waals surface area contributed by atoms with Crippen LogP contribution in [0.25, 0.3) is 22.4 Å². The van der Waals surface area contributed by atoms with Gasteiger partial charge in [-0.05, 0) is 38.7 Å². The molecule has 0 saturated carbocycles. The first kappa shape index (κ1) is 19.3. The van der Waals surface area contributed by atoms with Crippen molar-refractivity contribution in [1.29, 1.82) is 0 Å². The lowest BCUT2D eigenvalue weighted by Gasteiger charge is -2.12. The van der Waals surface area contributed by atoms with Gasteiger partial charge in [-0.1, -0.05) is 13.8 Å². The number of rotatable bonds is 7. The lowest BCUT2D eigenvalue weighted by Crippen LogP contribution is -2.03. The van der Waals surface area contributed by atoms with E-state index in [4.69, 9.17) is 14.7 Å². The number of hydrogen-bond acceptors (Lipinski definition) is 5. The predicted molar refractivity (Wildman–Crippen MR) is 107 cm³/mol. The van der Waals surface area contributed by atoms with Crippen molar-refractivity contribution in [1.82, 2.24) is 19.5 Å². The first-order valence-corrected chi connectivity index (χ1v) is 9.57. The van der Waals surface area contributed by atoms with Gasteiger partial charge in [0.15, 0.2) is 5.65 Å². The summed E-state index contributed by atoms with van der Waals surface area (Å²) in [4.78, 5) is 14.5. The van der Waals surface area contributed by atoms with Crippen LogP contribution in [-0.2, 0) is 13.5 Å². The quantitative estimate of drug-likeness (QED) is 0.687. The van der Waals surface area contributed by atoms with Gasteiger partial charge >= 0.3 is 0 Å². The second-order valence-electron chi connectivity index (χ2n) is 6.87. The maximum Gasteiger partial charge on any atom is 0.213 e. The van der Waals surface area contributed by atoms with Gasteiger partial charge in [-0.2, -0.15) is 0 Å². The van der Waals surface area contributed by atoms with E-state index in [1.807, 2.05) is 37.6 Å². The third kappa shape index (κ3) is 3.67. The minimum absolute atomic E-state index is 0.166. The highest BCUT2D eigenvalue weighted by molar-refractivity contribution is 5.80. The zero-order valence-electron chi connectivity index (χ0n) is 16.8.